The molecule has 0 aromatic heterocycles. The van der Waals surface area contributed by atoms with Gasteiger partial charge in [0.15, 0.2) is 0 Å². The predicted octanol–water partition coefficient (Wildman–Crippen LogP) is 4.14. The van der Waals surface area contributed by atoms with Crippen molar-refractivity contribution in [3.63, 3.8) is 0 Å². The van der Waals surface area contributed by atoms with E-state index >= 15 is 0 Å². The first-order valence-electron chi connectivity index (χ1n) is 5.09. The van der Waals surface area contributed by atoms with Gasteiger partial charge >= 0.3 is 0 Å². The highest BCUT2D eigenvalue weighted by molar-refractivity contribution is 5.56. The Morgan fingerprint density at radius 1 is 1.43 bits per heavy atom. The van der Waals surface area contributed by atoms with Gasteiger partial charge in [-0.2, -0.15) is 0 Å². The van der Waals surface area contributed by atoms with Crippen molar-refractivity contribution in [1.82, 2.24) is 0 Å². The maximum Gasteiger partial charge on any atom is 0.0612 e. The predicted molar refractivity (Wildman–Crippen MR) is 65.7 cm³/mol. The zero-order valence-electron chi connectivity index (χ0n) is 9.75. The second-order valence-corrected chi connectivity index (χ2v) is 3.63. The first-order chi connectivity index (χ1) is 6.61. The van der Waals surface area contributed by atoms with Crippen LogP contribution in [0.15, 0.2) is 41.1 Å². The highest BCUT2D eigenvalue weighted by Gasteiger charge is 1.93. The van der Waals surface area contributed by atoms with E-state index in [9.17, 15) is 0 Å². The van der Waals surface area contributed by atoms with E-state index in [1.54, 1.807) is 12.3 Å². The molecule has 0 rings (SSSR count). The van der Waals surface area contributed by atoms with Crippen LogP contribution in [0.4, 0.5) is 0 Å². The monoisotopic (exact) mass is 191 g/mol. The number of rotatable bonds is 5. The first-order valence-corrected chi connectivity index (χ1v) is 5.09. The van der Waals surface area contributed by atoms with Gasteiger partial charge in [0, 0.05) is 6.21 Å². The second-order valence-electron chi connectivity index (χ2n) is 3.63. The lowest BCUT2D eigenvalue weighted by molar-refractivity contribution is 0.826. The summed E-state index contributed by atoms with van der Waals surface area (Å²) < 4.78 is 0. The van der Waals surface area contributed by atoms with Crippen LogP contribution in [0, 0.1) is 5.92 Å². The zero-order chi connectivity index (χ0) is 11.0. The van der Waals surface area contributed by atoms with Crippen molar-refractivity contribution in [2.24, 2.45) is 10.9 Å². The van der Waals surface area contributed by atoms with Crippen molar-refractivity contribution >= 4 is 6.21 Å². The van der Waals surface area contributed by atoms with Crippen molar-refractivity contribution in [1.29, 1.82) is 0 Å². The molecule has 0 amide bonds. The normalized spacial score (nSPS) is 14.1. The molecule has 14 heavy (non-hydrogen) atoms. The molecule has 78 valence electrons. The second kappa shape index (κ2) is 7.31. The molecular weight excluding hydrogens is 170 g/mol. The Balaban J connectivity index is 4.41. The summed E-state index contributed by atoms with van der Waals surface area (Å²) >= 11 is 0. The van der Waals surface area contributed by atoms with E-state index < -0.39 is 0 Å². The Morgan fingerprint density at radius 2 is 2.07 bits per heavy atom. The molecule has 1 heteroatoms. The fourth-order valence-electron chi connectivity index (χ4n) is 1.10. The number of nitrogens with zero attached hydrogens (tertiary/aromatic N) is 1. The van der Waals surface area contributed by atoms with E-state index in [0.717, 1.165) is 12.1 Å². The molecule has 0 aliphatic rings. The van der Waals surface area contributed by atoms with Gasteiger partial charge in [-0.3, -0.25) is 4.99 Å². The molecule has 0 fully saturated rings. The molecule has 1 nitrogen and oxygen atoms in total. The summed E-state index contributed by atoms with van der Waals surface area (Å²) in [5, 5.41) is 0. The molecule has 0 aliphatic carbocycles. The van der Waals surface area contributed by atoms with Crippen LogP contribution in [0.5, 0.6) is 0 Å². The SMILES string of the molecule is C=C/C(N=CC)=C(/C)C/C=C\C(C)C. The minimum absolute atomic E-state index is 0.615. The molecule has 0 aliphatic heterocycles. The van der Waals surface area contributed by atoms with E-state index in [2.05, 4.69) is 44.5 Å². The Kier molecular flexibility index (Phi) is 6.73. The third kappa shape index (κ3) is 5.52. The highest BCUT2D eigenvalue weighted by atomic mass is 14.7. The van der Waals surface area contributed by atoms with Gasteiger partial charge in [-0.25, -0.2) is 0 Å². The molecule has 0 saturated heterocycles. The summed E-state index contributed by atoms with van der Waals surface area (Å²) in [6, 6.07) is 0. The summed E-state index contributed by atoms with van der Waals surface area (Å²) in [7, 11) is 0. The largest absolute Gasteiger partial charge is 0.262 e. The molecule has 0 unspecified atom stereocenters. The lowest BCUT2D eigenvalue weighted by atomic mass is 10.1. The first kappa shape index (κ1) is 12.9. The molecule has 0 aromatic rings. The van der Waals surface area contributed by atoms with Crippen molar-refractivity contribution in [3.05, 3.63) is 36.1 Å². The molecule has 0 spiro atoms. The molecule has 0 N–H and O–H groups in total. The average molecular weight is 191 g/mol. The van der Waals surface area contributed by atoms with Crippen molar-refractivity contribution in [2.45, 2.75) is 34.1 Å². The summed E-state index contributed by atoms with van der Waals surface area (Å²) in [6.07, 6.45) is 8.96. The van der Waals surface area contributed by atoms with Crippen LogP contribution in [0.25, 0.3) is 0 Å². The van der Waals surface area contributed by atoms with E-state index in [-0.39, 0.29) is 0 Å². The van der Waals surface area contributed by atoms with E-state index in [0.29, 0.717) is 5.92 Å². The molecular formula is C13H21N. The van der Waals surface area contributed by atoms with Gasteiger partial charge in [-0.15, -0.1) is 0 Å². The Bertz CT molecular complexity index is 254. The summed E-state index contributed by atoms with van der Waals surface area (Å²) in [5.41, 5.74) is 2.25. The Labute approximate surface area is 87.9 Å². The zero-order valence-corrected chi connectivity index (χ0v) is 9.75. The number of aliphatic imine (C=N–C) groups is 1. The van der Waals surface area contributed by atoms with Crippen molar-refractivity contribution in [3.8, 4) is 0 Å². The lowest BCUT2D eigenvalue weighted by Gasteiger charge is -2.00. The van der Waals surface area contributed by atoms with Gasteiger partial charge < -0.3 is 0 Å². The number of allylic oxidation sites excluding steroid dienone is 4. The van der Waals surface area contributed by atoms with Gasteiger partial charge in [0.2, 0.25) is 0 Å². The highest BCUT2D eigenvalue weighted by Crippen LogP contribution is 2.11. The molecule has 0 bridgehead atoms. The fraction of sp³-hybridized carbons (Fsp3) is 0.462. The summed E-state index contributed by atoms with van der Waals surface area (Å²) in [6.45, 7) is 12.1. The van der Waals surface area contributed by atoms with E-state index in [4.69, 9.17) is 0 Å². The quantitative estimate of drug-likeness (QED) is 0.352. The topological polar surface area (TPSA) is 12.4 Å². The third-order valence-electron chi connectivity index (χ3n) is 1.84. The van der Waals surface area contributed by atoms with Crippen LogP contribution in [0.1, 0.15) is 34.1 Å². The van der Waals surface area contributed by atoms with Gasteiger partial charge in [0.05, 0.1) is 5.70 Å². The molecule has 0 saturated carbocycles. The minimum Gasteiger partial charge on any atom is -0.262 e. The molecule has 0 heterocycles. The van der Waals surface area contributed by atoms with Crippen LogP contribution >= 0.6 is 0 Å². The van der Waals surface area contributed by atoms with E-state index in [1.165, 1.54) is 5.57 Å². The van der Waals surface area contributed by atoms with Crippen LogP contribution in [0.3, 0.4) is 0 Å². The minimum atomic E-state index is 0.615. The molecule has 0 aromatic carbocycles. The van der Waals surface area contributed by atoms with Crippen LogP contribution in [-0.4, -0.2) is 6.21 Å². The van der Waals surface area contributed by atoms with Gasteiger partial charge in [-0.05, 0) is 37.8 Å². The standard InChI is InChI=1S/C13H21N/c1-6-13(14-7-2)12(5)10-8-9-11(3)4/h6-9,11H,1,10H2,2-5H3/b9-8-,13-12+,14-7?. The van der Waals surface area contributed by atoms with Crippen LogP contribution < -0.4 is 0 Å². The average Bonchev–Trinajstić information content (AvgIpc) is 2.13. The van der Waals surface area contributed by atoms with Crippen molar-refractivity contribution in [2.75, 3.05) is 0 Å². The number of hydrogen-bond acceptors (Lipinski definition) is 1. The fourth-order valence-corrected chi connectivity index (χ4v) is 1.10. The van der Waals surface area contributed by atoms with Gasteiger partial charge in [0.1, 0.15) is 0 Å². The maximum absolute atomic E-state index is 4.24. The smallest absolute Gasteiger partial charge is 0.0612 e. The maximum atomic E-state index is 4.24. The molecule has 0 atom stereocenters. The Morgan fingerprint density at radius 3 is 2.50 bits per heavy atom. The Hall–Kier alpha value is -1.11. The molecule has 0 radical (unpaired) electrons. The van der Waals surface area contributed by atoms with E-state index in [1.807, 2.05) is 6.92 Å². The van der Waals surface area contributed by atoms with Gasteiger partial charge in [0.25, 0.3) is 0 Å². The van der Waals surface area contributed by atoms with Crippen LogP contribution in [-0.2, 0) is 0 Å². The summed E-state index contributed by atoms with van der Waals surface area (Å²) in [4.78, 5) is 4.24. The lowest BCUT2D eigenvalue weighted by Crippen LogP contribution is -1.83. The van der Waals surface area contributed by atoms with Crippen LogP contribution in [0.2, 0.25) is 0 Å². The van der Waals surface area contributed by atoms with Crippen molar-refractivity contribution < 1.29 is 0 Å². The van der Waals surface area contributed by atoms with Gasteiger partial charge in [-0.1, -0.05) is 32.6 Å². The third-order valence-corrected chi connectivity index (χ3v) is 1.84. The number of hydrogen-bond donors (Lipinski definition) is 0. The summed E-state index contributed by atoms with van der Waals surface area (Å²) in [5.74, 6) is 0.615.